The fourth-order valence-electron chi connectivity index (χ4n) is 2.00. The quantitative estimate of drug-likeness (QED) is 0.763. The third-order valence-electron chi connectivity index (χ3n) is 3.15. The van der Waals surface area contributed by atoms with Gasteiger partial charge in [-0.15, -0.1) is 0 Å². The Morgan fingerprint density at radius 3 is 2.74 bits per heavy atom. The number of imide groups is 1. The largest absolute Gasteiger partial charge is 0.347 e. The summed E-state index contributed by atoms with van der Waals surface area (Å²) in [6, 6.07) is 5.56. The Hall–Kier alpha value is -2.42. The SMILES string of the molecule is CC1(C)C(=O)NC(=O)CN1c1ccc(F)cc1C#N. The van der Waals surface area contributed by atoms with Gasteiger partial charge in [0.2, 0.25) is 5.91 Å². The van der Waals surface area contributed by atoms with Gasteiger partial charge in [-0.25, -0.2) is 4.39 Å². The molecule has 0 unspecified atom stereocenters. The summed E-state index contributed by atoms with van der Waals surface area (Å²) in [5.74, 6) is -1.43. The normalized spacial score (nSPS) is 17.9. The molecule has 1 aliphatic rings. The Balaban J connectivity index is 2.53. The second-order valence-electron chi connectivity index (χ2n) is 4.80. The van der Waals surface area contributed by atoms with Crippen molar-refractivity contribution in [2.24, 2.45) is 0 Å². The molecule has 2 rings (SSSR count). The third kappa shape index (κ3) is 2.15. The molecular formula is C13H12FN3O2. The maximum Gasteiger partial charge on any atom is 0.251 e. The van der Waals surface area contributed by atoms with E-state index in [2.05, 4.69) is 5.32 Å². The topological polar surface area (TPSA) is 73.2 Å². The summed E-state index contributed by atoms with van der Waals surface area (Å²) >= 11 is 0. The van der Waals surface area contributed by atoms with Crippen molar-refractivity contribution < 1.29 is 14.0 Å². The van der Waals surface area contributed by atoms with Crippen LogP contribution in [0.15, 0.2) is 18.2 Å². The van der Waals surface area contributed by atoms with Crippen LogP contribution in [-0.2, 0) is 9.59 Å². The first-order valence-electron chi connectivity index (χ1n) is 5.68. The highest BCUT2D eigenvalue weighted by molar-refractivity contribution is 6.06. The smallest absolute Gasteiger partial charge is 0.251 e. The molecule has 0 aliphatic carbocycles. The molecule has 1 N–H and O–H groups in total. The van der Waals surface area contributed by atoms with E-state index in [1.165, 1.54) is 17.0 Å². The molecule has 98 valence electrons. The minimum absolute atomic E-state index is 0.0565. The zero-order valence-corrected chi connectivity index (χ0v) is 10.5. The monoisotopic (exact) mass is 261 g/mol. The van der Waals surface area contributed by atoms with Crippen molar-refractivity contribution in [1.29, 1.82) is 5.26 Å². The van der Waals surface area contributed by atoms with Crippen molar-refractivity contribution >= 4 is 17.5 Å². The van der Waals surface area contributed by atoms with E-state index in [1.54, 1.807) is 13.8 Å². The standard InChI is InChI=1S/C13H12FN3O2/c1-13(2)12(19)16-11(18)7-17(13)10-4-3-9(14)5-8(10)6-15/h3-5H,7H2,1-2H3,(H,16,18,19). The van der Waals surface area contributed by atoms with Crippen molar-refractivity contribution in [2.75, 3.05) is 11.4 Å². The number of nitrogens with one attached hydrogen (secondary N) is 1. The van der Waals surface area contributed by atoms with Gasteiger partial charge in [0.15, 0.2) is 0 Å². The van der Waals surface area contributed by atoms with Crippen molar-refractivity contribution in [1.82, 2.24) is 5.32 Å². The first kappa shape index (κ1) is 13.0. The third-order valence-corrected chi connectivity index (χ3v) is 3.15. The zero-order chi connectivity index (χ0) is 14.2. The minimum atomic E-state index is -0.989. The van der Waals surface area contributed by atoms with E-state index in [0.717, 1.165) is 6.07 Å². The number of amides is 2. The summed E-state index contributed by atoms with van der Waals surface area (Å²) in [4.78, 5) is 24.8. The Labute approximate surface area is 109 Å². The maximum atomic E-state index is 13.1. The molecule has 1 fully saturated rings. The van der Waals surface area contributed by atoms with Gasteiger partial charge < -0.3 is 4.90 Å². The summed E-state index contributed by atoms with van der Waals surface area (Å²) < 4.78 is 13.1. The van der Waals surface area contributed by atoms with E-state index in [4.69, 9.17) is 5.26 Å². The van der Waals surface area contributed by atoms with E-state index in [0.29, 0.717) is 5.69 Å². The highest BCUT2D eigenvalue weighted by atomic mass is 19.1. The summed E-state index contributed by atoms with van der Waals surface area (Å²) in [6.45, 7) is 3.22. The highest BCUT2D eigenvalue weighted by Crippen LogP contribution is 2.29. The van der Waals surface area contributed by atoms with Crippen LogP contribution in [0.1, 0.15) is 19.4 Å². The first-order valence-corrected chi connectivity index (χ1v) is 5.68. The van der Waals surface area contributed by atoms with Crippen LogP contribution in [0, 0.1) is 17.1 Å². The molecule has 0 radical (unpaired) electrons. The zero-order valence-electron chi connectivity index (χ0n) is 10.5. The van der Waals surface area contributed by atoms with Crippen molar-refractivity contribution in [3.63, 3.8) is 0 Å². The van der Waals surface area contributed by atoms with Crippen LogP contribution >= 0.6 is 0 Å². The van der Waals surface area contributed by atoms with Crippen molar-refractivity contribution in [3.8, 4) is 6.07 Å². The second kappa shape index (κ2) is 4.35. The van der Waals surface area contributed by atoms with Gasteiger partial charge >= 0.3 is 0 Å². The average Bonchev–Trinajstić information content (AvgIpc) is 2.34. The van der Waals surface area contributed by atoms with Crippen molar-refractivity contribution in [3.05, 3.63) is 29.6 Å². The van der Waals surface area contributed by atoms with Crippen LogP contribution in [0.3, 0.4) is 0 Å². The molecule has 1 aliphatic heterocycles. The number of piperazine rings is 1. The Morgan fingerprint density at radius 2 is 2.11 bits per heavy atom. The molecule has 2 amide bonds. The van der Waals surface area contributed by atoms with Crippen LogP contribution in [0.2, 0.25) is 0 Å². The van der Waals surface area contributed by atoms with Gasteiger partial charge in [-0.3, -0.25) is 14.9 Å². The molecule has 0 bridgehead atoms. The van der Waals surface area contributed by atoms with Gasteiger partial charge in [-0.1, -0.05) is 0 Å². The van der Waals surface area contributed by atoms with Gasteiger partial charge in [-0.05, 0) is 32.0 Å². The lowest BCUT2D eigenvalue weighted by Gasteiger charge is -2.42. The number of benzene rings is 1. The summed E-state index contributed by atoms with van der Waals surface area (Å²) in [5, 5.41) is 11.3. The molecule has 1 aromatic carbocycles. The predicted molar refractivity (Wildman–Crippen MR) is 65.7 cm³/mol. The Morgan fingerprint density at radius 1 is 1.42 bits per heavy atom. The Kier molecular flexibility index (Phi) is 2.98. The number of rotatable bonds is 1. The lowest BCUT2D eigenvalue weighted by molar-refractivity contribution is -0.135. The highest BCUT2D eigenvalue weighted by Gasteiger charge is 2.41. The number of nitriles is 1. The van der Waals surface area contributed by atoms with Gasteiger partial charge in [0, 0.05) is 0 Å². The number of halogens is 1. The van der Waals surface area contributed by atoms with Gasteiger partial charge in [0.25, 0.3) is 5.91 Å². The van der Waals surface area contributed by atoms with E-state index < -0.39 is 23.2 Å². The van der Waals surface area contributed by atoms with Gasteiger partial charge in [0.05, 0.1) is 17.8 Å². The van der Waals surface area contributed by atoms with Crippen LogP contribution in [0.5, 0.6) is 0 Å². The number of anilines is 1. The number of nitrogens with zero attached hydrogens (tertiary/aromatic N) is 2. The van der Waals surface area contributed by atoms with E-state index in [9.17, 15) is 14.0 Å². The van der Waals surface area contributed by atoms with E-state index >= 15 is 0 Å². The molecule has 0 aromatic heterocycles. The first-order chi connectivity index (χ1) is 8.86. The van der Waals surface area contributed by atoms with Crippen LogP contribution in [0.25, 0.3) is 0 Å². The number of hydrogen-bond donors (Lipinski definition) is 1. The fraction of sp³-hybridized carbons (Fsp3) is 0.308. The predicted octanol–water partition coefficient (Wildman–Crippen LogP) is 0.939. The molecule has 0 atom stereocenters. The van der Waals surface area contributed by atoms with Gasteiger partial charge in [0.1, 0.15) is 17.4 Å². The minimum Gasteiger partial charge on any atom is -0.347 e. The molecule has 1 aromatic rings. The Bertz CT molecular complexity index is 604. The van der Waals surface area contributed by atoms with Crippen LogP contribution in [0.4, 0.5) is 10.1 Å². The molecule has 1 saturated heterocycles. The van der Waals surface area contributed by atoms with Crippen LogP contribution < -0.4 is 10.2 Å². The van der Waals surface area contributed by atoms with E-state index in [-0.39, 0.29) is 12.1 Å². The number of carbonyl (C=O) groups excluding carboxylic acids is 2. The fourth-order valence-corrected chi connectivity index (χ4v) is 2.00. The summed E-state index contributed by atoms with van der Waals surface area (Å²) in [6.07, 6.45) is 0. The molecule has 1 heterocycles. The molecule has 5 nitrogen and oxygen atoms in total. The average molecular weight is 261 g/mol. The van der Waals surface area contributed by atoms with Crippen molar-refractivity contribution in [2.45, 2.75) is 19.4 Å². The maximum absolute atomic E-state index is 13.1. The second-order valence-corrected chi connectivity index (χ2v) is 4.80. The molecule has 0 spiro atoms. The van der Waals surface area contributed by atoms with Crippen LogP contribution in [-0.4, -0.2) is 23.9 Å². The number of carbonyl (C=O) groups is 2. The summed E-state index contributed by atoms with van der Waals surface area (Å²) in [5.41, 5.74) is -0.523. The molecule has 19 heavy (non-hydrogen) atoms. The lowest BCUT2D eigenvalue weighted by Crippen LogP contribution is -2.64. The molecular weight excluding hydrogens is 249 g/mol. The molecule has 6 heteroatoms. The summed E-state index contributed by atoms with van der Waals surface area (Å²) in [7, 11) is 0. The van der Waals surface area contributed by atoms with E-state index in [1.807, 2.05) is 6.07 Å². The lowest BCUT2D eigenvalue weighted by atomic mass is 9.96. The van der Waals surface area contributed by atoms with Gasteiger partial charge in [-0.2, -0.15) is 5.26 Å². The number of hydrogen-bond acceptors (Lipinski definition) is 4. The molecule has 0 saturated carbocycles.